The highest BCUT2D eigenvalue weighted by Crippen LogP contribution is 2.34. The van der Waals surface area contributed by atoms with E-state index >= 15 is 0 Å². The van der Waals surface area contributed by atoms with Crippen molar-refractivity contribution in [2.75, 3.05) is 0 Å². The highest BCUT2D eigenvalue weighted by atomic mass is 31.1. The maximum absolute atomic E-state index is 5.54. The maximum Gasteiger partial charge on any atom is 0.494 e. The van der Waals surface area contributed by atoms with Gasteiger partial charge in [0.25, 0.3) is 0 Å². The third-order valence-corrected chi connectivity index (χ3v) is 3.94. The van der Waals surface area contributed by atoms with E-state index in [1.54, 1.807) is 0 Å². The van der Waals surface area contributed by atoms with Gasteiger partial charge in [-0.2, -0.15) is 0 Å². The van der Waals surface area contributed by atoms with Gasteiger partial charge in [-0.05, 0) is 13.8 Å². The van der Waals surface area contributed by atoms with Gasteiger partial charge in [-0.3, -0.25) is 0 Å². The Hall–Kier alpha value is -1.41. The molecule has 0 spiro atoms. The lowest BCUT2D eigenvalue weighted by Crippen LogP contribution is -2.18. The molecule has 1 aliphatic rings. The van der Waals surface area contributed by atoms with Crippen molar-refractivity contribution in [2.45, 2.75) is 5.85 Å². The lowest BCUT2D eigenvalue weighted by molar-refractivity contribution is 0.259. The summed E-state index contributed by atoms with van der Waals surface area (Å²) in [5.74, 6) is 0.00940. The predicted octanol–water partition coefficient (Wildman–Crippen LogP) is 3.39. The molecule has 0 N–H and O–H groups in total. The topological polar surface area (TPSA) is 18.5 Å². The molecule has 0 bridgehead atoms. The molecule has 1 atom stereocenters. The highest BCUT2D eigenvalue weighted by molar-refractivity contribution is 7.41. The van der Waals surface area contributed by atoms with Gasteiger partial charge < -0.3 is 9.31 Å². The number of hydrogen-bond acceptors (Lipinski definition) is 2. The van der Waals surface area contributed by atoms with Crippen LogP contribution in [0, 0.1) is 0 Å². The first kappa shape index (κ1) is 11.7. The molecule has 0 fully saturated rings. The van der Waals surface area contributed by atoms with E-state index in [0.717, 1.165) is 24.8 Å². The summed E-state index contributed by atoms with van der Waals surface area (Å²) in [7, 11) is 2.46. The van der Waals surface area contributed by atoms with Crippen LogP contribution in [-0.4, -0.2) is 13.2 Å². The molecule has 2 aromatic carbocycles. The first-order valence-electron chi connectivity index (χ1n) is 5.75. The van der Waals surface area contributed by atoms with Crippen LogP contribution in [-0.2, 0) is 9.31 Å². The lowest BCUT2D eigenvalue weighted by atomic mass is 10.2. The smallest absolute Gasteiger partial charge is 0.398 e. The zero-order valence-corrected chi connectivity index (χ0v) is 10.6. The van der Waals surface area contributed by atoms with Crippen molar-refractivity contribution in [3.63, 3.8) is 0 Å². The fourth-order valence-corrected chi connectivity index (χ4v) is 2.83. The van der Waals surface area contributed by atoms with Crippen LogP contribution < -0.4 is 0 Å². The number of rotatable bonds is 2. The molecule has 2 aromatic rings. The van der Waals surface area contributed by atoms with Crippen LogP contribution in [0.15, 0.2) is 60.7 Å². The van der Waals surface area contributed by atoms with E-state index in [4.69, 9.17) is 9.31 Å². The van der Waals surface area contributed by atoms with E-state index in [-0.39, 0.29) is 5.85 Å². The minimum absolute atomic E-state index is 0.00940. The zero-order chi connectivity index (χ0) is 12.2. The molecule has 0 saturated carbocycles. The van der Waals surface area contributed by atoms with Crippen LogP contribution in [0.4, 0.5) is 0 Å². The second kappa shape index (κ2) is 5.49. The number of benzene rings is 2. The predicted molar refractivity (Wildman–Crippen MR) is 74.6 cm³/mol. The Kier molecular flexibility index (Phi) is 3.56. The standard InChI is InChI=1S/C14H11BO2P/c1-3-7-11(8-4-1)13-16-15-17-14(18-13)12-9-5-2-6-10-12/h1-10,13H. The summed E-state index contributed by atoms with van der Waals surface area (Å²) in [4.78, 5) is 0. The van der Waals surface area contributed by atoms with E-state index in [9.17, 15) is 0 Å². The Bertz CT molecular complexity index is 542. The molecule has 0 aromatic heterocycles. The second-order valence-electron chi connectivity index (χ2n) is 3.91. The van der Waals surface area contributed by atoms with Crippen LogP contribution in [0.1, 0.15) is 17.0 Å². The van der Waals surface area contributed by atoms with Gasteiger partial charge in [0.1, 0.15) is 5.85 Å². The van der Waals surface area contributed by atoms with Crippen molar-refractivity contribution in [3.8, 4) is 0 Å². The molecule has 2 nitrogen and oxygen atoms in total. The normalized spacial score (nSPS) is 19.8. The Morgan fingerprint density at radius 3 is 2.28 bits per heavy atom. The summed E-state index contributed by atoms with van der Waals surface area (Å²) >= 11 is 0. The molecular weight excluding hydrogens is 242 g/mol. The third-order valence-electron chi connectivity index (χ3n) is 2.68. The van der Waals surface area contributed by atoms with Gasteiger partial charge in [0, 0.05) is 5.56 Å². The van der Waals surface area contributed by atoms with E-state index in [0.29, 0.717) is 0 Å². The molecular formula is C14H11BO2P. The zero-order valence-electron chi connectivity index (χ0n) is 9.69. The minimum atomic E-state index is 0.00940. The fraction of sp³-hybridized carbons (Fsp3) is 0.0714. The molecule has 0 aliphatic carbocycles. The van der Waals surface area contributed by atoms with Crippen LogP contribution >= 0.6 is 8.20 Å². The van der Waals surface area contributed by atoms with Gasteiger partial charge in [-0.1, -0.05) is 60.7 Å². The largest absolute Gasteiger partial charge is 0.494 e. The summed E-state index contributed by atoms with van der Waals surface area (Å²) in [5, 5.41) is 0. The molecule has 3 rings (SSSR count). The summed E-state index contributed by atoms with van der Waals surface area (Å²) < 4.78 is 11.0. The summed E-state index contributed by atoms with van der Waals surface area (Å²) in [6, 6.07) is 20.3. The SMILES string of the molecule is [B]1OC(c2ccccc2)=PC(c2ccccc2)O1. The number of hydrogen-bond donors (Lipinski definition) is 0. The van der Waals surface area contributed by atoms with Crippen LogP contribution in [0.3, 0.4) is 0 Å². The quantitative estimate of drug-likeness (QED) is 0.603. The van der Waals surface area contributed by atoms with Crippen molar-refractivity contribution in [1.29, 1.82) is 0 Å². The summed E-state index contributed by atoms with van der Waals surface area (Å²) in [5.41, 5.74) is 3.18. The average molecular weight is 253 g/mol. The molecule has 1 heterocycles. The second-order valence-corrected chi connectivity index (χ2v) is 5.05. The average Bonchev–Trinajstić information content (AvgIpc) is 2.49. The Balaban J connectivity index is 1.91. The molecule has 1 aliphatic heterocycles. The minimum Gasteiger partial charge on any atom is -0.398 e. The highest BCUT2D eigenvalue weighted by Gasteiger charge is 2.19. The van der Waals surface area contributed by atoms with Gasteiger partial charge in [0.05, 0.1) is 5.48 Å². The van der Waals surface area contributed by atoms with Crippen LogP contribution in [0.25, 0.3) is 0 Å². The fourth-order valence-electron chi connectivity index (χ4n) is 1.79. The molecule has 1 unspecified atom stereocenters. The van der Waals surface area contributed by atoms with Gasteiger partial charge in [0.2, 0.25) is 0 Å². The van der Waals surface area contributed by atoms with E-state index in [1.165, 1.54) is 7.69 Å². The lowest BCUT2D eigenvalue weighted by Gasteiger charge is -2.21. The molecule has 18 heavy (non-hydrogen) atoms. The van der Waals surface area contributed by atoms with Crippen molar-refractivity contribution in [2.24, 2.45) is 0 Å². The molecule has 4 heteroatoms. The van der Waals surface area contributed by atoms with Crippen molar-refractivity contribution in [1.82, 2.24) is 0 Å². The monoisotopic (exact) mass is 253 g/mol. The Morgan fingerprint density at radius 2 is 1.56 bits per heavy atom. The Labute approximate surface area is 109 Å². The summed E-state index contributed by atoms with van der Waals surface area (Å²) in [6.07, 6.45) is 0. The van der Waals surface area contributed by atoms with Gasteiger partial charge in [0.15, 0.2) is 0 Å². The van der Waals surface area contributed by atoms with E-state index in [2.05, 4.69) is 12.1 Å². The van der Waals surface area contributed by atoms with Crippen molar-refractivity contribution in [3.05, 3.63) is 71.8 Å². The van der Waals surface area contributed by atoms with Crippen molar-refractivity contribution < 1.29 is 9.31 Å². The van der Waals surface area contributed by atoms with E-state index in [1.807, 2.05) is 48.5 Å². The first-order chi connectivity index (χ1) is 8.93. The molecule has 0 amide bonds. The van der Waals surface area contributed by atoms with Gasteiger partial charge in [-0.25, -0.2) is 0 Å². The van der Waals surface area contributed by atoms with E-state index < -0.39 is 0 Å². The third kappa shape index (κ3) is 2.54. The Morgan fingerprint density at radius 1 is 0.889 bits per heavy atom. The maximum atomic E-state index is 5.54. The summed E-state index contributed by atoms with van der Waals surface area (Å²) in [6.45, 7) is 0. The van der Waals surface area contributed by atoms with Gasteiger partial charge in [-0.15, -0.1) is 0 Å². The first-order valence-corrected chi connectivity index (χ1v) is 6.72. The molecule has 0 saturated heterocycles. The van der Waals surface area contributed by atoms with Gasteiger partial charge >= 0.3 is 7.69 Å². The molecule has 87 valence electrons. The van der Waals surface area contributed by atoms with Crippen LogP contribution in [0.2, 0.25) is 0 Å². The van der Waals surface area contributed by atoms with Crippen molar-refractivity contribution >= 4 is 21.4 Å². The van der Waals surface area contributed by atoms with Crippen LogP contribution in [0.5, 0.6) is 0 Å². The molecule has 1 radical (unpaired) electrons.